The summed E-state index contributed by atoms with van der Waals surface area (Å²) >= 11 is 6.37. The van der Waals surface area contributed by atoms with Crippen molar-refractivity contribution in [3.63, 3.8) is 0 Å². The van der Waals surface area contributed by atoms with E-state index in [0.29, 0.717) is 22.6 Å². The van der Waals surface area contributed by atoms with Gasteiger partial charge in [-0.25, -0.2) is 9.97 Å². The van der Waals surface area contributed by atoms with Crippen molar-refractivity contribution in [2.75, 3.05) is 5.32 Å². The molecule has 0 bridgehead atoms. The molecule has 0 aliphatic heterocycles. The molecule has 23 heavy (non-hydrogen) atoms. The molecule has 1 aromatic heterocycles. The molecule has 5 nitrogen and oxygen atoms in total. The molecule has 0 atom stereocenters. The van der Waals surface area contributed by atoms with E-state index in [9.17, 15) is 4.79 Å². The van der Waals surface area contributed by atoms with Crippen LogP contribution in [0.3, 0.4) is 0 Å². The van der Waals surface area contributed by atoms with Gasteiger partial charge in [0.15, 0.2) is 0 Å². The third-order valence-electron chi connectivity index (χ3n) is 4.13. The number of carbonyl (C=O) groups is 1. The number of amides is 1. The Morgan fingerprint density at radius 3 is 2.48 bits per heavy atom. The number of aryl methyl sites for hydroxylation is 1. The molecule has 2 aromatic rings. The lowest BCUT2D eigenvalue weighted by atomic mass is 10.0. The fourth-order valence-electron chi connectivity index (χ4n) is 2.96. The van der Waals surface area contributed by atoms with Gasteiger partial charge in [0.2, 0.25) is 5.91 Å². The van der Waals surface area contributed by atoms with Gasteiger partial charge in [-0.3, -0.25) is 4.79 Å². The van der Waals surface area contributed by atoms with E-state index in [0.717, 1.165) is 29.8 Å². The lowest BCUT2D eigenvalue weighted by Gasteiger charge is -2.17. The Bertz CT molecular complexity index is 724. The number of nitrogens with two attached hydrogens (primary N) is 1. The van der Waals surface area contributed by atoms with Crippen molar-refractivity contribution in [3.8, 4) is 11.1 Å². The minimum absolute atomic E-state index is 0.407. The van der Waals surface area contributed by atoms with Crippen LogP contribution in [-0.4, -0.2) is 21.9 Å². The molecule has 0 saturated heterocycles. The molecule has 0 spiro atoms. The van der Waals surface area contributed by atoms with Crippen molar-refractivity contribution in [1.82, 2.24) is 9.97 Å². The Labute approximate surface area is 140 Å². The minimum Gasteiger partial charge on any atom is -0.367 e. The highest BCUT2D eigenvalue weighted by Gasteiger charge is 2.20. The second-order valence-corrected chi connectivity index (χ2v) is 6.21. The number of primary amides is 1. The van der Waals surface area contributed by atoms with Gasteiger partial charge in [0.1, 0.15) is 16.8 Å². The maximum Gasteiger partial charge on any atom is 0.248 e. The van der Waals surface area contributed by atoms with Gasteiger partial charge in [0.05, 0.1) is 5.56 Å². The Morgan fingerprint density at radius 1 is 1.22 bits per heavy atom. The number of benzene rings is 1. The minimum atomic E-state index is -0.452. The Balaban J connectivity index is 2.00. The number of hydrogen-bond donors (Lipinski definition) is 2. The molecular weight excluding hydrogens is 312 g/mol. The van der Waals surface area contributed by atoms with Crippen molar-refractivity contribution in [3.05, 3.63) is 40.8 Å². The van der Waals surface area contributed by atoms with Crippen LogP contribution >= 0.6 is 11.6 Å². The highest BCUT2D eigenvalue weighted by Crippen LogP contribution is 2.34. The summed E-state index contributed by atoms with van der Waals surface area (Å²) in [5, 5.41) is 3.91. The Morgan fingerprint density at radius 2 is 1.87 bits per heavy atom. The summed E-state index contributed by atoms with van der Waals surface area (Å²) in [5.74, 6) is 0.932. The molecule has 1 aromatic carbocycles. The van der Waals surface area contributed by atoms with Gasteiger partial charge in [-0.1, -0.05) is 36.6 Å². The van der Waals surface area contributed by atoms with Crippen molar-refractivity contribution in [2.45, 2.75) is 38.6 Å². The fraction of sp³-hybridized carbons (Fsp3) is 0.353. The van der Waals surface area contributed by atoms with Gasteiger partial charge in [0, 0.05) is 11.6 Å². The van der Waals surface area contributed by atoms with E-state index < -0.39 is 5.91 Å². The highest BCUT2D eigenvalue weighted by molar-refractivity contribution is 6.32. The van der Waals surface area contributed by atoms with E-state index in [1.54, 1.807) is 12.1 Å². The monoisotopic (exact) mass is 330 g/mol. The van der Waals surface area contributed by atoms with E-state index in [2.05, 4.69) is 15.3 Å². The number of nitrogens with zero attached hydrogens (tertiary/aromatic N) is 2. The summed E-state index contributed by atoms with van der Waals surface area (Å²) in [6.07, 6.45) is 4.75. The van der Waals surface area contributed by atoms with Gasteiger partial charge in [-0.2, -0.15) is 0 Å². The summed E-state index contributed by atoms with van der Waals surface area (Å²) in [5.41, 5.74) is 7.38. The number of hydrogen-bond acceptors (Lipinski definition) is 4. The van der Waals surface area contributed by atoms with Crippen molar-refractivity contribution in [1.29, 1.82) is 0 Å². The SMILES string of the molecule is Cc1nc(Cl)c(-c2ccc(C(N)=O)cc2)c(NC2CCCC2)n1. The van der Waals surface area contributed by atoms with Crippen LogP contribution in [0.25, 0.3) is 11.1 Å². The first kappa shape index (κ1) is 15.7. The second kappa shape index (κ2) is 6.54. The second-order valence-electron chi connectivity index (χ2n) is 5.85. The number of aromatic nitrogens is 2. The fourth-order valence-corrected chi connectivity index (χ4v) is 3.28. The van der Waals surface area contributed by atoms with Gasteiger partial charge in [-0.05, 0) is 37.5 Å². The molecule has 1 saturated carbocycles. The maximum atomic E-state index is 11.2. The van der Waals surface area contributed by atoms with E-state index in [1.165, 1.54) is 12.8 Å². The molecule has 3 rings (SSSR count). The smallest absolute Gasteiger partial charge is 0.248 e. The number of anilines is 1. The summed E-state index contributed by atoms with van der Waals surface area (Å²) in [4.78, 5) is 20.0. The predicted molar refractivity (Wildman–Crippen MR) is 91.6 cm³/mol. The number of carbonyl (C=O) groups excluding carboxylic acids is 1. The van der Waals surface area contributed by atoms with Gasteiger partial charge in [-0.15, -0.1) is 0 Å². The molecule has 1 fully saturated rings. The molecule has 1 aliphatic rings. The van der Waals surface area contributed by atoms with Crippen molar-refractivity contribution >= 4 is 23.3 Å². The number of rotatable bonds is 4. The number of nitrogens with one attached hydrogen (secondary N) is 1. The third kappa shape index (κ3) is 3.45. The lowest BCUT2D eigenvalue weighted by molar-refractivity contribution is 0.100. The van der Waals surface area contributed by atoms with Crippen LogP contribution in [0, 0.1) is 6.92 Å². The van der Waals surface area contributed by atoms with E-state index in [1.807, 2.05) is 19.1 Å². The molecule has 1 heterocycles. The first-order valence-electron chi connectivity index (χ1n) is 7.75. The van der Waals surface area contributed by atoms with Crippen LogP contribution in [0.15, 0.2) is 24.3 Å². The first-order valence-corrected chi connectivity index (χ1v) is 8.13. The van der Waals surface area contributed by atoms with Gasteiger partial charge in [0.25, 0.3) is 0 Å². The average Bonchev–Trinajstić information content (AvgIpc) is 3.00. The summed E-state index contributed by atoms with van der Waals surface area (Å²) in [7, 11) is 0. The van der Waals surface area contributed by atoms with Crippen LogP contribution in [0.5, 0.6) is 0 Å². The Kier molecular flexibility index (Phi) is 4.48. The zero-order valence-electron chi connectivity index (χ0n) is 13.0. The van der Waals surface area contributed by atoms with E-state index in [4.69, 9.17) is 17.3 Å². The zero-order chi connectivity index (χ0) is 16.4. The quantitative estimate of drug-likeness (QED) is 0.840. The summed E-state index contributed by atoms with van der Waals surface area (Å²) < 4.78 is 0. The third-order valence-corrected chi connectivity index (χ3v) is 4.40. The predicted octanol–water partition coefficient (Wildman–Crippen LogP) is 3.56. The van der Waals surface area contributed by atoms with Crippen molar-refractivity contribution < 1.29 is 4.79 Å². The Hall–Kier alpha value is -2.14. The highest BCUT2D eigenvalue weighted by atomic mass is 35.5. The summed E-state index contributed by atoms with van der Waals surface area (Å²) in [6.45, 7) is 1.83. The average molecular weight is 331 g/mol. The van der Waals surface area contributed by atoms with Crippen LogP contribution < -0.4 is 11.1 Å². The molecular formula is C17H19ClN4O. The largest absolute Gasteiger partial charge is 0.367 e. The van der Waals surface area contributed by atoms with Crippen LogP contribution in [0.4, 0.5) is 5.82 Å². The van der Waals surface area contributed by atoms with Gasteiger partial charge >= 0.3 is 0 Å². The molecule has 0 unspecified atom stereocenters. The van der Waals surface area contributed by atoms with E-state index >= 15 is 0 Å². The van der Waals surface area contributed by atoms with Crippen LogP contribution in [0.2, 0.25) is 5.15 Å². The topological polar surface area (TPSA) is 80.9 Å². The summed E-state index contributed by atoms with van der Waals surface area (Å²) in [6, 6.07) is 7.43. The molecule has 1 aliphatic carbocycles. The maximum absolute atomic E-state index is 11.2. The molecule has 3 N–H and O–H groups in total. The van der Waals surface area contributed by atoms with Crippen molar-refractivity contribution in [2.24, 2.45) is 5.73 Å². The van der Waals surface area contributed by atoms with E-state index in [-0.39, 0.29) is 0 Å². The molecule has 0 radical (unpaired) electrons. The van der Waals surface area contributed by atoms with Gasteiger partial charge < -0.3 is 11.1 Å². The van der Waals surface area contributed by atoms with Crippen LogP contribution in [-0.2, 0) is 0 Å². The number of halogens is 1. The molecule has 120 valence electrons. The molecule has 1 amide bonds. The standard InChI is InChI=1S/C17H19ClN4O/c1-10-20-15(18)14(11-6-8-12(9-7-11)16(19)23)17(21-10)22-13-4-2-3-5-13/h6-9,13H,2-5H2,1H3,(H2,19,23)(H,20,21,22). The first-order chi connectivity index (χ1) is 11.0. The van der Waals surface area contributed by atoms with Crippen LogP contribution in [0.1, 0.15) is 41.9 Å². The zero-order valence-corrected chi connectivity index (χ0v) is 13.7. The lowest BCUT2D eigenvalue weighted by Crippen LogP contribution is -2.17. The molecule has 6 heteroatoms. The normalized spacial score (nSPS) is 14.9.